The first kappa shape index (κ1) is 19.8. The van der Waals surface area contributed by atoms with Crippen LogP contribution in [0.3, 0.4) is 0 Å². The fourth-order valence-electron chi connectivity index (χ4n) is 5.13. The van der Waals surface area contributed by atoms with Crippen molar-refractivity contribution in [3.8, 4) is 11.4 Å². The van der Waals surface area contributed by atoms with Gasteiger partial charge >= 0.3 is 0 Å². The van der Waals surface area contributed by atoms with Crippen LogP contribution >= 0.6 is 11.3 Å². The number of hydrogen-bond acceptors (Lipinski definition) is 7. The molecule has 2 aliphatic rings. The molecule has 0 aromatic carbocycles. The number of fused-ring (bicyclic) bond motifs is 3. The Morgan fingerprint density at radius 3 is 2.78 bits per heavy atom. The topological polar surface area (TPSA) is 80.0 Å². The molecule has 4 aromatic rings. The van der Waals surface area contributed by atoms with Crippen molar-refractivity contribution in [2.75, 3.05) is 18.0 Å². The van der Waals surface area contributed by atoms with Gasteiger partial charge in [0, 0.05) is 55.4 Å². The Morgan fingerprint density at radius 1 is 1.16 bits per heavy atom. The van der Waals surface area contributed by atoms with Gasteiger partial charge in [0.25, 0.3) is 0 Å². The Balaban J connectivity index is 1.34. The van der Waals surface area contributed by atoms with Gasteiger partial charge in [0.15, 0.2) is 5.82 Å². The molecule has 0 saturated carbocycles. The fourth-order valence-corrected chi connectivity index (χ4v) is 6.39. The van der Waals surface area contributed by atoms with Gasteiger partial charge in [0.05, 0.1) is 5.39 Å². The molecule has 0 amide bonds. The summed E-state index contributed by atoms with van der Waals surface area (Å²) in [7, 11) is 1.94. The van der Waals surface area contributed by atoms with E-state index in [-0.39, 0.29) is 5.92 Å². The van der Waals surface area contributed by atoms with Crippen molar-refractivity contribution in [2.24, 2.45) is 13.0 Å². The van der Waals surface area contributed by atoms with E-state index in [0.717, 1.165) is 66.6 Å². The summed E-state index contributed by atoms with van der Waals surface area (Å²) in [6, 6.07) is 3.95. The minimum atomic E-state index is -0.529. The Hall–Kier alpha value is -2.84. The third kappa shape index (κ3) is 3.29. The molecule has 0 spiro atoms. The highest BCUT2D eigenvalue weighted by atomic mass is 32.1. The van der Waals surface area contributed by atoms with Gasteiger partial charge in [-0.05, 0) is 55.7 Å². The Bertz CT molecular complexity index is 1260. The van der Waals surface area contributed by atoms with E-state index in [1.165, 1.54) is 22.2 Å². The standard InChI is InChI=1S/C24H26N6OS/c1-29-13-10-26-23(29)20(31)15-7-11-30(12-8-15)22-19-17-5-2-6-18(17)32-24(19)28-21(27-22)16-4-3-9-25-14-16/h3-4,9-10,13-15,20,31H,2,5-8,11-12H2,1H3. The molecular formula is C24H26N6OS. The molecule has 1 aliphatic carbocycles. The summed E-state index contributed by atoms with van der Waals surface area (Å²) >= 11 is 1.83. The number of hydrogen-bond donors (Lipinski definition) is 1. The number of aliphatic hydroxyl groups is 1. The van der Waals surface area contributed by atoms with Crippen LogP contribution in [0.4, 0.5) is 5.82 Å². The lowest BCUT2D eigenvalue weighted by Crippen LogP contribution is -2.36. The van der Waals surface area contributed by atoms with Gasteiger partial charge in [-0.2, -0.15) is 0 Å². The molecular weight excluding hydrogens is 420 g/mol. The number of aryl methyl sites for hydroxylation is 3. The third-order valence-electron chi connectivity index (χ3n) is 6.87. The minimum Gasteiger partial charge on any atom is -0.385 e. The Morgan fingerprint density at radius 2 is 2.03 bits per heavy atom. The lowest BCUT2D eigenvalue weighted by molar-refractivity contribution is 0.0824. The van der Waals surface area contributed by atoms with Gasteiger partial charge in [-0.15, -0.1) is 11.3 Å². The number of imidazole rings is 1. The maximum absolute atomic E-state index is 10.9. The van der Waals surface area contributed by atoms with Crippen molar-refractivity contribution in [1.82, 2.24) is 24.5 Å². The third-order valence-corrected chi connectivity index (χ3v) is 8.06. The van der Waals surface area contributed by atoms with Crippen LogP contribution in [-0.4, -0.2) is 42.7 Å². The summed E-state index contributed by atoms with van der Waals surface area (Å²) < 4.78 is 1.92. The maximum atomic E-state index is 10.9. The molecule has 0 radical (unpaired) electrons. The van der Waals surface area contributed by atoms with Gasteiger partial charge < -0.3 is 14.6 Å². The molecule has 164 valence electrons. The zero-order chi connectivity index (χ0) is 21.7. The summed E-state index contributed by atoms with van der Waals surface area (Å²) in [5.74, 6) is 2.76. The molecule has 1 unspecified atom stereocenters. The number of aromatic nitrogens is 5. The fraction of sp³-hybridized carbons (Fsp3) is 0.417. The molecule has 0 bridgehead atoms. The second-order valence-electron chi connectivity index (χ2n) is 8.82. The van der Waals surface area contributed by atoms with Gasteiger partial charge in [-0.25, -0.2) is 15.0 Å². The van der Waals surface area contributed by atoms with E-state index in [1.807, 2.05) is 47.5 Å². The van der Waals surface area contributed by atoms with Gasteiger partial charge in [-0.3, -0.25) is 4.98 Å². The SMILES string of the molecule is Cn1ccnc1C(O)C1CCN(c2nc(-c3cccnc3)nc3sc4c(c23)CCC4)CC1. The number of anilines is 1. The normalized spacial score (nSPS) is 17.8. The van der Waals surface area contributed by atoms with E-state index in [2.05, 4.69) is 14.9 Å². The van der Waals surface area contributed by atoms with Crippen molar-refractivity contribution in [3.63, 3.8) is 0 Å². The molecule has 4 aromatic heterocycles. The van der Waals surface area contributed by atoms with Crippen LogP contribution in [0.2, 0.25) is 0 Å². The molecule has 7 nitrogen and oxygen atoms in total. The predicted molar refractivity (Wildman–Crippen MR) is 126 cm³/mol. The minimum absolute atomic E-state index is 0.204. The van der Waals surface area contributed by atoms with Crippen LogP contribution in [0.15, 0.2) is 36.9 Å². The van der Waals surface area contributed by atoms with E-state index in [4.69, 9.17) is 9.97 Å². The quantitative estimate of drug-likeness (QED) is 0.512. The molecule has 5 heterocycles. The number of rotatable bonds is 4. The molecule has 1 fully saturated rings. The van der Waals surface area contributed by atoms with E-state index < -0.39 is 6.10 Å². The predicted octanol–water partition coefficient (Wildman–Crippen LogP) is 3.93. The van der Waals surface area contributed by atoms with Crippen molar-refractivity contribution >= 4 is 27.4 Å². The Labute approximate surface area is 190 Å². The van der Waals surface area contributed by atoms with Gasteiger partial charge in [0.1, 0.15) is 22.6 Å². The second kappa shape index (κ2) is 7.94. The summed E-state index contributed by atoms with van der Waals surface area (Å²) in [5, 5.41) is 12.1. The van der Waals surface area contributed by atoms with Gasteiger partial charge in [-0.1, -0.05) is 0 Å². The van der Waals surface area contributed by atoms with Gasteiger partial charge in [0.2, 0.25) is 0 Å². The summed E-state index contributed by atoms with van der Waals surface area (Å²) in [5.41, 5.74) is 2.40. The van der Waals surface area contributed by atoms with Crippen LogP contribution in [0, 0.1) is 5.92 Å². The zero-order valence-electron chi connectivity index (χ0n) is 18.1. The first-order chi connectivity index (χ1) is 15.7. The molecule has 6 rings (SSSR count). The largest absolute Gasteiger partial charge is 0.385 e. The van der Waals surface area contributed by atoms with Crippen LogP contribution in [0.5, 0.6) is 0 Å². The number of nitrogens with zero attached hydrogens (tertiary/aromatic N) is 6. The monoisotopic (exact) mass is 446 g/mol. The highest BCUT2D eigenvalue weighted by Crippen LogP contribution is 2.42. The number of piperidine rings is 1. The van der Waals surface area contributed by atoms with Crippen molar-refractivity contribution in [3.05, 3.63) is 53.2 Å². The Kier molecular flexibility index (Phi) is 4.91. The lowest BCUT2D eigenvalue weighted by atomic mass is 9.90. The smallest absolute Gasteiger partial charge is 0.164 e. The summed E-state index contributed by atoms with van der Waals surface area (Å²) in [4.78, 5) is 23.6. The van der Waals surface area contributed by atoms with E-state index >= 15 is 0 Å². The van der Waals surface area contributed by atoms with Crippen LogP contribution in [0.25, 0.3) is 21.6 Å². The first-order valence-corrected chi connectivity index (χ1v) is 12.1. The summed E-state index contributed by atoms with van der Waals surface area (Å²) in [6.07, 6.45) is 12.0. The number of aliphatic hydroxyl groups excluding tert-OH is 1. The average molecular weight is 447 g/mol. The molecule has 1 N–H and O–H groups in total. The lowest BCUT2D eigenvalue weighted by Gasteiger charge is -2.35. The van der Waals surface area contributed by atoms with E-state index in [0.29, 0.717) is 0 Å². The van der Waals surface area contributed by atoms with Crippen LogP contribution in [0.1, 0.15) is 41.6 Å². The van der Waals surface area contributed by atoms with Crippen LogP contribution in [-0.2, 0) is 19.9 Å². The molecule has 32 heavy (non-hydrogen) atoms. The second-order valence-corrected chi connectivity index (χ2v) is 9.90. The number of pyridine rings is 1. The summed E-state index contributed by atoms with van der Waals surface area (Å²) in [6.45, 7) is 1.74. The number of thiophene rings is 1. The molecule has 8 heteroatoms. The van der Waals surface area contributed by atoms with Crippen molar-refractivity contribution in [2.45, 2.75) is 38.2 Å². The molecule has 1 saturated heterocycles. The highest BCUT2D eigenvalue weighted by Gasteiger charge is 2.31. The zero-order valence-corrected chi connectivity index (χ0v) is 18.9. The molecule has 1 atom stereocenters. The first-order valence-electron chi connectivity index (χ1n) is 11.3. The average Bonchev–Trinajstić information content (AvgIpc) is 3.54. The highest BCUT2D eigenvalue weighted by molar-refractivity contribution is 7.19. The van der Waals surface area contributed by atoms with E-state index in [1.54, 1.807) is 12.4 Å². The van der Waals surface area contributed by atoms with Crippen molar-refractivity contribution in [1.29, 1.82) is 0 Å². The van der Waals surface area contributed by atoms with Crippen LogP contribution < -0.4 is 4.90 Å². The van der Waals surface area contributed by atoms with E-state index in [9.17, 15) is 5.11 Å². The van der Waals surface area contributed by atoms with Crippen molar-refractivity contribution < 1.29 is 5.11 Å². The molecule has 1 aliphatic heterocycles. The maximum Gasteiger partial charge on any atom is 0.164 e.